The van der Waals surface area contributed by atoms with E-state index in [0.717, 1.165) is 5.56 Å². The van der Waals surface area contributed by atoms with Crippen LogP contribution >= 0.6 is 11.8 Å². The normalized spacial score (nSPS) is 10.9. The number of benzene rings is 3. The zero-order chi connectivity index (χ0) is 19.5. The molecular weight excluding hydrogens is 368 g/mol. The van der Waals surface area contributed by atoms with Crippen LogP contribution in [0.5, 0.6) is 0 Å². The van der Waals surface area contributed by atoms with Gasteiger partial charge < -0.3 is 0 Å². The molecule has 138 valence electrons. The average molecular weight is 386 g/mol. The van der Waals surface area contributed by atoms with Crippen molar-refractivity contribution in [3.05, 3.63) is 100 Å². The van der Waals surface area contributed by atoms with Gasteiger partial charge in [-0.25, -0.2) is 4.98 Å². The Labute approximate surface area is 166 Å². The van der Waals surface area contributed by atoms with E-state index in [9.17, 15) is 9.59 Å². The molecule has 1 aromatic heterocycles. The molecule has 5 heteroatoms. The van der Waals surface area contributed by atoms with Crippen molar-refractivity contribution in [3.8, 4) is 5.69 Å². The Bertz CT molecular complexity index is 1200. The fourth-order valence-corrected chi connectivity index (χ4v) is 3.97. The number of Topliss-reactive ketones (excluding diaryl/α,β-unsaturated/α-hetero) is 1. The fourth-order valence-electron chi connectivity index (χ4n) is 3.00. The molecule has 0 radical (unpaired) electrons. The molecule has 0 aliphatic rings. The summed E-state index contributed by atoms with van der Waals surface area (Å²) in [7, 11) is 0. The Kier molecular flexibility index (Phi) is 5.08. The average Bonchev–Trinajstić information content (AvgIpc) is 2.73. The van der Waals surface area contributed by atoms with Crippen LogP contribution in [-0.2, 0) is 5.75 Å². The lowest BCUT2D eigenvalue weighted by Gasteiger charge is -2.13. The zero-order valence-electron chi connectivity index (χ0n) is 15.3. The molecule has 0 N–H and O–H groups in total. The van der Waals surface area contributed by atoms with Crippen LogP contribution in [0.2, 0.25) is 0 Å². The molecule has 0 fully saturated rings. The van der Waals surface area contributed by atoms with Crippen LogP contribution in [0.3, 0.4) is 0 Å². The number of aromatic nitrogens is 2. The molecule has 4 rings (SSSR count). The predicted octanol–water partition coefficient (Wildman–Crippen LogP) is 4.88. The molecule has 0 aliphatic heterocycles. The maximum absolute atomic E-state index is 13.2. The highest BCUT2D eigenvalue weighted by Gasteiger charge is 2.14. The molecule has 0 bridgehead atoms. The van der Waals surface area contributed by atoms with Crippen molar-refractivity contribution in [2.45, 2.75) is 17.8 Å². The van der Waals surface area contributed by atoms with Crippen LogP contribution in [0, 0.1) is 0 Å². The number of hydrogen-bond donors (Lipinski definition) is 0. The smallest absolute Gasteiger partial charge is 0.266 e. The SMILES string of the molecule is CC(=O)c1ccc(-n2c(SCc3ccccc3)nc3ccccc3c2=O)cc1. The van der Waals surface area contributed by atoms with Gasteiger partial charge in [0.1, 0.15) is 0 Å². The number of hydrogen-bond acceptors (Lipinski definition) is 4. The van der Waals surface area contributed by atoms with E-state index in [0.29, 0.717) is 33.1 Å². The third-order valence-corrected chi connectivity index (χ3v) is 5.50. The zero-order valence-corrected chi connectivity index (χ0v) is 16.1. The predicted molar refractivity (Wildman–Crippen MR) is 113 cm³/mol. The van der Waals surface area contributed by atoms with E-state index in [1.165, 1.54) is 18.7 Å². The number of para-hydroxylation sites is 1. The topological polar surface area (TPSA) is 52.0 Å². The minimum absolute atomic E-state index is 0.00536. The van der Waals surface area contributed by atoms with Crippen LogP contribution in [0.25, 0.3) is 16.6 Å². The van der Waals surface area contributed by atoms with Crippen molar-refractivity contribution in [2.75, 3.05) is 0 Å². The molecule has 3 aromatic carbocycles. The molecule has 28 heavy (non-hydrogen) atoms. The van der Waals surface area contributed by atoms with Crippen molar-refractivity contribution >= 4 is 28.4 Å². The molecule has 0 spiro atoms. The van der Waals surface area contributed by atoms with E-state index < -0.39 is 0 Å². The molecule has 0 aliphatic carbocycles. The molecular formula is C23H18N2O2S. The van der Waals surface area contributed by atoms with E-state index in [-0.39, 0.29) is 11.3 Å². The number of carbonyl (C=O) groups excluding carboxylic acids is 1. The highest BCUT2D eigenvalue weighted by atomic mass is 32.2. The van der Waals surface area contributed by atoms with Crippen LogP contribution < -0.4 is 5.56 Å². The summed E-state index contributed by atoms with van der Waals surface area (Å²) in [6.07, 6.45) is 0. The summed E-state index contributed by atoms with van der Waals surface area (Å²) in [6.45, 7) is 1.53. The quantitative estimate of drug-likeness (QED) is 0.279. The Hall–Kier alpha value is -3.18. The molecule has 4 aromatic rings. The largest absolute Gasteiger partial charge is 0.295 e. The first-order valence-corrected chi connectivity index (χ1v) is 9.92. The molecule has 0 amide bonds. The van der Waals surface area contributed by atoms with Gasteiger partial charge >= 0.3 is 0 Å². The van der Waals surface area contributed by atoms with Crippen molar-refractivity contribution in [1.82, 2.24) is 9.55 Å². The summed E-state index contributed by atoms with van der Waals surface area (Å²) < 4.78 is 1.62. The molecule has 0 saturated heterocycles. The van der Waals surface area contributed by atoms with E-state index >= 15 is 0 Å². The summed E-state index contributed by atoms with van der Waals surface area (Å²) in [4.78, 5) is 29.5. The Morgan fingerprint density at radius 1 is 0.929 bits per heavy atom. The highest BCUT2D eigenvalue weighted by Crippen LogP contribution is 2.24. The number of carbonyl (C=O) groups is 1. The van der Waals surface area contributed by atoms with Crippen molar-refractivity contribution in [1.29, 1.82) is 0 Å². The van der Waals surface area contributed by atoms with Gasteiger partial charge in [-0.3, -0.25) is 14.2 Å². The molecule has 4 nitrogen and oxygen atoms in total. The van der Waals surface area contributed by atoms with Gasteiger partial charge in [0.15, 0.2) is 10.9 Å². The van der Waals surface area contributed by atoms with Gasteiger partial charge in [0.2, 0.25) is 0 Å². The summed E-state index contributed by atoms with van der Waals surface area (Å²) in [5.41, 5.74) is 3.04. The van der Waals surface area contributed by atoms with Crippen molar-refractivity contribution in [3.63, 3.8) is 0 Å². The maximum atomic E-state index is 13.2. The standard InChI is InChI=1S/C23H18N2O2S/c1-16(26)18-11-13-19(14-12-18)25-22(27)20-9-5-6-10-21(20)24-23(25)28-15-17-7-3-2-4-8-17/h2-14H,15H2,1H3. The number of thioether (sulfide) groups is 1. The second-order valence-electron chi connectivity index (χ2n) is 6.43. The Morgan fingerprint density at radius 3 is 2.32 bits per heavy atom. The van der Waals surface area contributed by atoms with Crippen molar-refractivity contribution < 1.29 is 4.79 Å². The van der Waals surface area contributed by atoms with Crippen LogP contribution in [0.4, 0.5) is 0 Å². The fraction of sp³-hybridized carbons (Fsp3) is 0.0870. The first kappa shape index (κ1) is 18.2. The second-order valence-corrected chi connectivity index (χ2v) is 7.37. The second kappa shape index (κ2) is 7.82. The van der Waals surface area contributed by atoms with Gasteiger partial charge in [-0.2, -0.15) is 0 Å². The van der Waals surface area contributed by atoms with Gasteiger partial charge in [0.25, 0.3) is 5.56 Å². The minimum atomic E-state index is -0.114. The first-order chi connectivity index (χ1) is 13.6. The first-order valence-electron chi connectivity index (χ1n) is 8.93. The lowest BCUT2D eigenvalue weighted by Crippen LogP contribution is -2.21. The van der Waals surface area contributed by atoms with E-state index in [1.807, 2.05) is 36.4 Å². The van der Waals surface area contributed by atoms with Gasteiger partial charge in [-0.05, 0) is 48.9 Å². The van der Waals surface area contributed by atoms with E-state index in [2.05, 4.69) is 12.1 Å². The number of nitrogens with zero attached hydrogens (tertiary/aromatic N) is 2. The minimum Gasteiger partial charge on any atom is -0.295 e. The Morgan fingerprint density at radius 2 is 1.61 bits per heavy atom. The Balaban J connectivity index is 1.83. The monoisotopic (exact) mass is 386 g/mol. The van der Waals surface area contributed by atoms with Crippen LogP contribution in [-0.4, -0.2) is 15.3 Å². The van der Waals surface area contributed by atoms with Crippen LogP contribution in [0.15, 0.2) is 88.8 Å². The van der Waals surface area contributed by atoms with Gasteiger partial charge in [-0.15, -0.1) is 0 Å². The number of fused-ring (bicyclic) bond motifs is 1. The molecule has 1 heterocycles. The lowest BCUT2D eigenvalue weighted by atomic mass is 10.1. The van der Waals surface area contributed by atoms with Crippen LogP contribution in [0.1, 0.15) is 22.8 Å². The molecule has 0 atom stereocenters. The third kappa shape index (κ3) is 3.62. The maximum Gasteiger partial charge on any atom is 0.266 e. The van der Waals surface area contributed by atoms with Gasteiger partial charge in [-0.1, -0.05) is 54.2 Å². The number of rotatable bonds is 5. The molecule has 0 saturated carbocycles. The third-order valence-electron chi connectivity index (χ3n) is 4.49. The van der Waals surface area contributed by atoms with Gasteiger partial charge in [0.05, 0.1) is 16.6 Å². The highest BCUT2D eigenvalue weighted by molar-refractivity contribution is 7.98. The summed E-state index contributed by atoms with van der Waals surface area (Å²) in [6, 6.07) is 24.5. The van der Waals surface area contributed by atoms with Gasteiger partial charge in [0, 0.05) is 11.3 Å². The summed E-state index contributed by atoms with van der Waals surface area (Å²) in [5.74, 6) is 0.700. The van der Waals surface area contributed by atoms with E-state index in [1.54, 1.807) is 34.9 Å². The lowest BCUT2D eigenvalue weighted by molar-refractivity contribution is 0.101. The summed E-state index contributed by atoms with van der Waals surface area (Å²) >= 11 is 1.52. The van der Waals surface area contributed by atoms with E-state index in [4.69, 9.17) is 4.98 Å². The molecule has 0 unspecified atom stereocenters. The number of ketones is 1. The summed E-state index contributed by atoms with van der Waals surface area (Å²) in [5, 5.41) is 1.20. The van der Waals surface area contributed by atoms with Crippen molar-refractivity contribution in [2.24, 2.45) is 0 Å².